The maximum atomic E-state index is 12.7. The van der Waals surface area contributed by atoms with Gasteiger partial charge in [0, 0.05) is 25.6 Å². The van der Waals surface area contributed by atoms with Gasteiger partial charge >= 0.3 is 6.03 Å². The second kappa shape index (κ2) is 6.72. The molecule has 7 nitrogen and oxygen atoms in total. The lowest BCUT2D eigenvalue weighted by Gasteiger charge is -2.42. The number of hydrogen-bond donors (Lipinski definition) is 1. The summed E-state index contributed by atoms with van der Waals surface area (Å²) in [6, 6.07) is 0.223. The highest BCUT2D eigenvalue weighted by atomic mass is 16.6. The number of carbonyl (C=O) groups excluding carboxylic acids is 1. The maximum absolute atomic E-state index is 12.7. The first-order valence-corrected chi connectivity index (χ1v) is 8.80. The van der Waals surface area contributed by atoms with Crippen LogP contribution in [0.4, 0.5) is 10.5 Å². The molecule has 2 saturated heterocycles. The minimum absolute atomic E-state index is 0.00938. The van der Waals surface area contributed by atoms with Gasteiger partial charge in [-0.3, -0.25) is 4.68 Å². The fourth-order valence-electron chi connectivity index (χ4n) is 3.54. The zero-order valence-corrected chi connectivity index (χ0v) is 15.0. The average molecular weight is 336 g/mol. The van der Waals surface area contributed by atoms with Gasteiger partial charge in [-0.1, -0.05) is 6.92 Å². The Labute approximate surface area is 143 Å². The number of morpholine rings is 1. The van der Waals surface area contributed by atoms with Gasteiger partial charge in [-0.25, -0.2) is 4.79 Å². The number of ether oxygens (including phenoxy) is 2. The third-order valence-electron chi connectivity index (χ3n) is 5.06. The molecule has 0 aliphatic carbocycles. The third kappa shape index (κ3) is 3.28. The van der Waals surface area contributed by atoms with E-state index in [1.807, 2.05) is 23.4 Å². The third-order valence-corrected chi connectivity index (χ3v) is 5.06. The Morgan fingerprint density at radius 3 is 3.04 bits per heavy atom. The molecule has 0 bridgehead atoms. The summed E-state index contributed by atoms with van der Waals surface area (Å²) in [5, 5.41) is 7.42. The summed E-state index contributed by atoms with van der Waals surface area (Å²) < 4.78 is 13.5. The van der Waals surface area contributed by atoms with Crippen molar-refractivity contribution in [2.75, 3.05) is 31.6 Å². The molecule has 0 saturated carbocycles. The van der Waals surface area contributed by atoms with Crippen LogP contribution in [0, 0.1) is 6.92 Å². The predicted molar refractivity (Wildman–Crippen MR) is 91.3 cm³/mol. The van der Waals surface area contributed by atoms with Crippen LogP contribution < -0.4 is 5.32 Å². The molecule has 0 radical (unpaired) electrons. The molecule has 24 heavy (non-hydrogen) atoms. The van der Waals surface area contributed by atoms with Crippen molar-refractivity contribution in [3.8, 4) is 0 Å². The van der Waals surface area contributed by atoms with Crippen LogP contribution >= 0.6 is 0 Å². The van der Waals surface area contributed by atoms with E-state index in [-0.39, 0.29) is 17.7 Å². The molecule has 2 fully saturated rings. The van der Waals surface area contributed by atoms with Gasteiger partial charge in [0.1, 0.15) is 5.60 Å². The molecule has 1 N–H and O–H groups in total. The van der Waals surface area contributed by atoms with Crippen molar-refractivity contribution in [3.63, 3.8) is 0 Å². The van der Waals surface area contributed by atoms with Crippen molar-refractivity contribution in [1.29, 1.82) is 0 Å². The molecule has 2 aliphatic heterocycles. The first-order valence-electron chi connectivity index (χ1n) is 8.80. The van der Waals surface area contributed by atoms with E-state index in [2.05, 4.69) is 24.3 Å². The zero-order chi connectivity index (χ0) is 17.3. The second-order valence-electron chi connectivity index (χ2n) is 7.07. The van der Waals surface area contributed by atoms with E-state index in [1.54, 1.807) is 6.20 Å². The summed E-state index contributed by atoms with van der Waals surface area (Å²) in [6.45, 7) is 10.7. The Balaban J connectivity index is 1.69. The lowest BCUT2D eigenvalue weighted by Crippen LogP contribution is -2.57. The number of carbonyl (C=O) groups is 1. The number of nitrogens with one attached hydrogen (secondary N) is 1. The first-order chi connectivity index (χ1) is 11.4. The van der Waals surface area contributed by atoms with E-state index >= 15 is 0 Å². The van der Waals surface area contributed by atoms with Gasteiger partial charge < -0.3 is 19.7 Å². The van der Waals surface area contributed by atoms with Crippen LogP contribution in [0.3, 0.4) is 0 Å². The lowest BCUT2D eigenvalue weighted by molar-refractivity contribution is -0.136. The molecular formula is C17H28N4O3. The van der Waals surface area contributed by atoms with Crippen molar-refractivity contribution in [2.24, 2.45) is 0 Å². The van der Waals surface area contributed by atoms with E-state index in [0.717, 1.165) is 24.2 Å². The average Bonchev–Trinajstić information content (AvgIpc) is 3.13. The van der Waals surface area contributed by atoms with E-state index < -0.39 is 0 Å². The van der Waals surface area contributed by atoms with Gasteiger partial charge in [-0.15, -0.1) is 0 Å². The monoisotopic (exact) mass is 336 g/mol. The summed E-state index contributed by atoms with van der Waals surface area (Å²) in [5.74, 6) is 0. The largest absolute Gasteiger partial charge is 0.378 e. The van der Waals surface area contributed by atoms with Crippen LogP contribution in [0.2, 0.25) is 0 Å². The summed E-state index contributed by atoms with van der Waals surface area (Å²) in [5.41, 5.74) is 1.42. The highest BCUT2D eigenvalue weighted by Gasteiger charge is 2.44. The van der Waals surface area contributed by atoms with Gasteiger partial charge in [0.05, 0.1) is 36.8 Å². The van der Waals surface area contributed by atoms with Crippen LogP contribution in [0.25, 0.3) is 0 Å². The topological polar surface area (TPSA) is 68.6 Å². The van der Waals surface area contributed by atoms with E-state index in [4.69, 9.17) is 9.47 Å². The molecule has 1 spiro atoms. The molecule has 2 amide bonds. The fourth-order valence-corrected chi connectivity index (χ4v) is 3.54. The SMILES string of the molecule is CCC(C)n1ncc(NC(=O)N2CC(C)OC3(CCOC3)C2)c1C. The van der Waals surface area contributed by atoms with Gasteiger partial charge in [-0.05, 0) is 27.2 Å². The van der Waals surface area contributed by atoms with Crippen molar-refractivity contribution < 1.29 is 14.3 Å². The summed E-state index contributed by atoms with van der Waals surface area (Å²) >= 11 is 0. The van der Waals surface area contributed by atoms with Crippen molar-refractivity contribution in [2.45, 2.75) is 58.3 Å². The normalized spacial score (nSPS) is 28.3. The number of nitrogens with zero attached hydrogens (tertiary/aromatic N) is 3. The number of amides is 2. The summed E-state index contributed by atoms with van der Waals surface area (Å²) in [6.07, 6.45) is 3.58. The molecule has 2 aliphatic rings. The van der Waals surface area contributed by atoms with Crippen molar-refractivity contribution in [3.05, 3.63) is 11.9 Å². The minimum atomic E-state index is -0.342. The number of hydrogen-bond acceptors (Lipinski definition) is 4. The van der Waals surface area contributed by atoms with Crippen molar-refractivity contribution >= 4 is 11.7 Å². The number of aromatic nitrogens is 2. The summed E-state index contributed by atoms with van der Waals surface area (Å²) in [4.78, 5) is 14.6. The Morgan fingerprint density at radius 1 is 1.58 bits per heavy atom. The second-order valence-corrected chi connectivity index (χ2v) is 7.07. The molecular weight excluding hydrogens is 308 g/mol. The predicted octanol–water partition coefficient (Wildman–Crippen LogP) is 2.57. The molecule has 1 aromatic heterocycles. The Hall–Kier alpha value is -1.60. The molecule has 3 heterocycles. The van der Waals surface area contributed by atoms with E-state index in [0.29, 0.717) is 32.3 Å². The van der Waals surface area contributed by atoms with Crippen LogP contribution in [-0.2, 0) is 9.47 Å². The van der Waals surface area contributed by atoms with Crippen LogP contribution in [0.1, 0.15) is 45.3 Å². The molecule has 134 valence electrons. The number of rotatable bonds is 3. The van der Waals surface area contributed by atoms with Gasteiger partial charge in [0.25, 0.3) is 0 Å². The van der Waals surface area contributed by atoms with Gasteiger partial charge in [0.2, 0.25) is 0 Å². The summed E-state index contributed by atoms with van der Waals surface area (Å²) in [7, 11) is 0. The van der Waals surface area contributed by atoms with Crippen LogP contribution in [-0.4, -0.2) is 58.7 Å². The number of anilines is 1. The van der Waals surface area contributed by atoms with Gasteiger partial charge in [-0.2, -0.15) is 5.10 Å². The molecule has 7 heteroatoms. The maximum Gasteiger partial charge on any atom is 0.322 e. The van der Waals surface area contributed by atoms with E-state index in [9.17, 15) is 4.79 Å². The highest BCUT2D eigenvalue weighted by Crippen LogP contribution is 2.30. The highest BCUT2D eigenvalue weighted by molar-refractivity contribution is 5.90. The number of urea groups is 1. The lowest BCUT2D eigenvalue weighted by atomic mass is 9.99. The Bertz CT molecular complexity index is 595. The quantitative estimate of drug-likeness (QED) is 0.921. The van der Waals surface area contributed by atoms with Crippen molar-refractivity contribution in [1.82, 2.24) is 14.7 Å². The molecule has 3 unspecified atom stereocenters. The zero-order valence-electron chi connectivity index (χ0n) is 15.0. The molecule has 0 aromatic carbocycles. The minimum Gasteiger partial charge on any atom is -0.378 e. The fraction of sp³-hybridized carbons (Fsp3) is 0.765. The Kier molecular flexibility index (Phi) is 4.83. The molecule has 3 rings (SSSR count). The first kappa shape index (κ1) is 17.2. The molecule has 1 aromatic rings. The van der Waals surface area contributed by atoms with Crippen LogP contribution in [0.5, 0.6) is 0 Å². The van der Waals surface area contributed by atoms with E-state index in [1.165, 1.54) is 0 Å². The van der Waals surface area contributed by atoms with Gasteiger partial charge in [0.15, 0.2) is 0 Å². The standard InChI is InChI=1S/C17H28N4O3/c1-5-12(2)21-14(4)15(8-18-21)19-16(22)20-9-13(3)24-17(10-20)6-7-23-11-17/h8,12-13H,5-7,9-11H2,1-4H3,(H,19,22). The molecule has 3 atom stereocenters. The smallest absolute Gasteiger partial charge is 0.322 e. The Morgan fingerprint density at radius 2 is 2.38 bits per heavy atom. The van der Waals surface area contributed by atoms with Crippen LogP contribution in [0.15, 0.2) is 6.20 Å².